The molecular formula is C16H16N2O. The summed E-state index contributed by atoms with van der Waals surface area (Å²) in [7, 11) is 1.79. The molecule has 2 amide bonds. The number of urea groups is 1. The lowest BCUT2D eigenvalue weighted by Crippen LogP contribution is -2.44. The number of rotatable bonds is 1. The van der Waals surface area contributed by atoms with Crippen molar-refractivity contribution >= 4 is 11.7 Å². The van der Waals surface area contributed by atoms with Crippen LogP contribution >= 0.6 is 0 Å². The summed E-state index contributed by atoms with van der Waals surface area (Å²) in [5.74, 6) is 0. The first kappa shape index (κ1) is 11.8. The number of hydrogen-bond donors (Lipinski definition) is 1. The minimum absolute atomic E-state index is 0.0646. The highest BCUT2D eigenvalue weighted by atomic mass is 16.2. The fraction of sp³-hybridized carbons (Fsp3) is 0.188. The van der Waals surface area contributed by atoms with Crippen LogP contribution in [0.2, 0.25) is 0 Å². The molecule has 0 spiro atoms. The third-order valence-electron chi connectivity index (χ3n) is 3.56. The van der Waals surface area contributed by atoms with Crippen LogP contribution in [-0.4, -0.2) is 13.1 Å². The molecule has 1 atom stereocenters. The number of nitrogens with one attached hydrogen (secondary N) is 1. The lowest BCUT2D eigenvalue weighted by molar-refractivity contribution is 0.244. The summed E-state index contributed by atoms with van der Waals surface area (Å²) < 4.78 is 0. The van der Waals surface area contributed by atoms with Gasteiger partial charge in [0.25, 0.3) is 0 Å². The number of benzene rings is 2. The Morgan fingerprint density at radius 2 is 1.89 bits per heavy atom. The number of aryl methyl sites for hydroxylation is 1. The molecule has 1 aliphatic heterocycles. The fourth-order valence-corrected chi connectivity index (χ4v) is 2.56. The number of nitrogens with zero attached hydrogens (tertiary/aromatic N) is 1. The zero-order chi connectivity index (χ0) is 13.4. The van der Waals surface area contributed by atoms with Gasteiger partial charge in [-0.3, -0.25) is 4.90 Å². The van der Waals surface area contributed by atoms with Crippen LogP contribution in [0.4, 0.5) is 10.5 Å². The maximum Gasteiger partial charge on any atom is 0.322 e. The van der Waals surface area contributed by atoms with Crippen LogP contribution in [0.25, 0.3) is 0 Å². The van der Waals surface area contributed by atoms with Crippen molar-refractivity contribution in [3.05, 3.63) is 65.2 Å². The van der Waals surface area contributed by atoms with Gasteiger partial charge < -0.3 is 5.32 Å². The van der Waals surface area contributed by atoms with Gasteiger partial charge in [0.1, 0.15) is 0 Å². The Hall–Kier alpha value is -2.29. The Morgan fingerprint density at radius 3 is 2.68 bits per heavy atom. The lowest BCUT2D eigenvalue weighted by Gasteiger charge is -2.33. The Balaban J connectivity index is 2.13. The van der Waals surface area contributed by atoms with Gasteiger partial charge in [0, 0.05) is 12.6 Å². The molecule has 2 aromatic carbocycles. The van der Waals surface area contributed by atoms with Gasteiger partial charge in [-0.1, -0.05) is 48.0 Å². The van der Waals surface area contributed by atoms with Crippen LogP contribution in [0.3, 0.4) is 0 Å². The molecule has 0 saturated heterocycles. The van der Waals surface area contributed by atoms with Gasteiger partial charge in [-0.25, -0.2) is 4.79 Å². The van der Waals surface area contributed by atoms with Gasteiger partial charge >= 0.3 is 6.03 Å². The average Bonchev–Trinajstić information content (AvgIpc) is 2.43. The third kappa shape index (κ3) is 1.97. The first-order chi connectivity index (χ1) is 9.16. The molecule has 3 heteroatoms. The smallest absolute Gasteiger partial charge is 0.322 e. The van der Waals surface area contributed by atoms with Crippen LogP contribution in [0, 0.1) is 6.92 Å². The zero-order valence-electron chi connectivity index (χ0n) is 11.1. The molecule has 2 aromatic rings. The number of carbonyl (C=O) groups is 1. The summed E-state index contributed by atoms with van der Waals surface area (Å²) in [6.07, 6.45) is 0. The lowest BCUT2D eigenvalue weighted by atomic mass is 9.94. The summed E-state index contributed by atoms with van der Waals surface area (Å²) >= 11 is 0. The summed E-state index contributed by atoms with van der Waals surface area (Å²) in [4.78, 5) is 13.7. The maximum absolute atomic E-state index is 12.0. The molecule has 0 aromatic heterocycles. The van der Waals surface area contributed by atoms with Crippen molar-refractivity contribution in [2.45, 2.75) is 13.0 Å². The van der Waals surface area contributed by atoms with Crippen LogP contribution in [0.15, 0.2) is 48.5 Å². The number of para-hydroxylation sites is 1. The number of fused-ring (bicyclic) bond motifs is 1. The van der Waals surface area contributed by atoms with Crippen molar-refractivity contribution in [1.82, 2.24) is 5.32 Å². The normalized spacial score (nSPS) is 17.9. The molecule has 0 aliphatic carbocycles. The van der Waals surface area contributed by atoms with Crippen molar-refractivity contribution in [3.8, 4) is 0 Å². The largest absolute Gasteiger partial charge is 0.327 e. The summed E-state index contributed by atoms with van der Waals surface area (Å²) in [6, 6.07) is 16.1. The van der Waals surface area contributed by atoms with E-state index in [2.05, 4.69) is 36.5 Å². The van der Waals surface area contributed by atoms with Crippen LogP contribution in [0.5, 0.6) is 0 Å². The quantitative estimate of drug-likeness (QED) is 0.830. The summed E-state index contributed by atoms with van der Waals surface area (Å²) in [5.41, 5.74) is 4.42. The highest BCUT2D eigenvalue weighted by Gasteiger charge is 2.28. The first-order valence-electron chi connectivity index (χ1n) is 6.36. The molecule has 96 valence electrons. The molecule has 19 heavy (non-hydrogen) atoms. The second kappa shape index (κ2) is 4.43. The predicted molar refractivity (Wildman–Crippen MR) is 76.4 cm³/mol. The second-order valence-electron chi connectivity index (χ2n) is 4.91. The molecule has 0 fully saturated rings. The molecule has 0 bridgehead atoms. The molecule has 1 heterocycles. The molecule has 1 aliphatic rings. The van der Waals surface area contributed by atoms with E-state index in [9.17, 15) is 4.79 Å². The minimum Gasteiger partial charge on any atom is -0.327 e. The Labute approximate surface area is 112 Å². The van der Waals surface area contributed by atoms with Crippen molar-refractivity contribution in [3.63, 3.8) is 0 Å². The Kier molecular flexibility index (Phi) is 2.75. The van der Waals surface area contributed by atoms with E-state index >= 15 is 0 Å². The standard InChI is InChI=1S/C16H16N2O/c1-11-6-5-7-12(10-11)15-13-8-3-4-9-14(13)18(2)16(19)17-15/h3-10,15H,1-2H3,(H,17,19). The molecule has 3 nitrogen and oxygen atoms in total. The van der Waals surface area contributed by atoms with E-state index in [1.807, 2.05) is 24.3 Å². The van der Waals surface area contributed by atoms with Gasteiger partial charge in [-0.05, 0) is 18.6 Å². The van der Waals surface area contributed by atoms with E-state index in [1.165, 1.54) is 5.56 Å². The van der Waals surface area contributed by atoms with E-state index in [0.717, 1.165) is 16.8 Å². The van der Waals surface area contributed by atoms with Crippen LogP contribution < -0.4 is 10.2 Å². The molecule has 0 radical (unpaired) electrons. The average molecular weight is 252 g/mol. The molecular weight excluding hydrogens is 236 g/mol. The molecule has 1 unspecified atom stereocenters. The SMILES string of the molecule is Cc1cccc(C2NC(=O)N(C)c3ccccc32)c1. The zero-order valence-corrected chi connectivity index (χ0v) is 11.1. The van der Waals surface area contributed by atoms with Gasteiger partial charge in [-0.2, -0.15) is 0 Å². The van der Waals surface area contributed by atoms with Crippen molar-refractivity contribution in [2.24, 2.45) is 0 Å². The number of carbonyl (C=O) groups excluding carboxylic acids is 1. The van der Waals surface area contributed by atoms with Gasteiger partial charge in [0.05, 0.1) is 11.7 Å². The van der Waals surface area contributed by atoms with Gasteiger partial charge in [0.2, 0.25) is 0 Å². The molecule has 1 N–H and O–H groups in total. The summed E-state index contributed by atoms with van der Waals surface area (Å²) in [6.45, 7) is 2.06. The number of hydrogen-bond acceptors (Lipinski definition) is 1. The van der Waals surface area contributed by atoms with Gasteiger partial charge in [-0.15, -0.1) is 0 Å². The van der Waals surface area contributed by atoms with Crippen molar-refractivity contribution in [1.29, 1.82) is 0 Å². The topological polar surface area (TPSA) is 32.3 Å². The van der Waals surface area contributed by atoms with E-state index in [0.29, 0.717) is 0 Å². The molecule has 0 saturated carbocycles. The monoisotopic (exact) mass is 252 g/mol. The first-order valence-corrected chi connectivity index (χ1v) is 6.36. The van der Waals surface area contributed by atoms with Crippen molar-refractivity contribution < 1.29 is 4.79 Å². The van der Waals surface area contributed by atoms with Crippen molar-refractivity contribution in [2.75, 3.05) is 11.9 Å². The molecule has 3 rings (SSSR count). The van der Waals surface area contributed by atoms with E-state index in [1.54, 1.807) is 11.9 Å². The minimum atomic E-state index is -0.0696. The summed E-state index contributed by atoms with van der Waals surface area (Å²) in [5, 5.41) is 3.05. The van der Waals surface area contributed by atoms with Crippen LogP contribution in [0.1, 0.15) is 22.7 Å². The predicted octanol–water partition coefficient (Wildman–Crippen LogP) is 3.24. The number of anilines is 1. The maximum atomic E-state index is 12.0. The van der Waals surface area contributed by atoms with E-state index < -0.39 is 0 Å². The van der Waals surface area contributed by atoms with E-state index in [-0.39, 0.29) is 12.1 Å². The Bertz CT molecular complexity index is 636. The third-order valence-corrected chi connectivity index (χ3v) is 3.56. The second-order valence-corrected chi connectivity index (χ2v) is 4.91. The highest BCUT2D eigenvalue weighted by molar-refractivity contribution is 5.95. The highest BCUT2D eigenvalue weighted by Crippen LogP contribution is 2.34. The van der Waals surface area contributed by atoms with Crippen LogP contribution in [-0.2, 0) is 0 Å². The number of amides is 2. The van der Waals surface area contributed by atoms with E-state index in [4.69, 9.17) is 0 Å². The fourth-order valence-electron chi connectivity index (χ4n) is 2.56. The van der Waals surface area contributed by atoms with Gasteiger partial charge in [0.15, 0.2) is 0 Å². The Morgan fingerprint density at radius 1 is 1.11 bits per heavy atom.